The molecule has 152 valence electrons. The minimum Gasteiger partial charge on any atom is -0.484 e. The van der Waals surface area contributed by atoms with Gasteiger partial charge in [0.1, 0.15) is 5.75 Å². The lowest BCUT2D eigenvalue weighted by atomic mass is 10.00. The van der Waals surface area contributed by atoms with Crippen molar-refractivity contribution < 1.29 is 9.53 Å². The Hall–Kier alpha value is -3.28. The van der Waals surface area contributed by atoms with Gasteiger partial charge in [-0.2, -0.15) is 0 Å². The molecule has 0 radical (unpaired) electrons. The number of guanidine groups is 1. The van der Waals surface area contributed by atoms with Crippen LogP contribution in [0.25, 0.3) is 5.57 Å². The van der Waals surface area contributed by atoms with Gasteiger partial charge in [0.15, 0.2) is 12.6 Å². The molecule has 0 unspecified atom stereocenters. The molecule has 3 N–H and O–H groups in total. The summed E-state index contributed by atoms with van der Waals surface area (Å²) in [7, 11) is 0. The van der Waals surface area contributed by atoms with E-state index in [1.54, 1.807) is 0 Å². The van der Waals surface area contributed by atoms with E-state index in [1.807, 2.05) is 30.3 Å². The Bertz CT molecular complexity index is 877. The van der Waals surface area contributed by atoms with E-state index in [2.05, 4.69) is 47.5 Å². The van der Waals surface area contributed by atoms with Gasteiger partial charge >= 0.3 is 0 Å². The molecule has 0 atom stereocenters. The smallest absolute Gasteiger partial charge is 0.255 e. The highest BCUT2D eigenvalue weighted by Gasteiger charge is 2.16. The minimum absolute atomic E-state index is 0.126. The fourth-order valence-electron chi connectivity index (χ4n) is 3.26. The van der Waals surface area contributed by atoms with Crippen molar-refractivity contribution in [1.29, 1.82) is 0 Å². The largest absolute Gasteiger partial charge is 0.484 e. The molecule has 29 heavy (non-hydrogen) atoms. The molecule has 3 rings (SSSR count). The number of carbonyl (C=O) groups is 1. The monoisotopic (exact) mass is 392 g/mol. The van der Waals surface area contributed by atoms with Crippen molar-refractivity contribution in [2.75, 3.05) is 26.2 Å². The Morgan fingerprint density at radius 3 is 2.72 bits per heavy atom. The number of nitrogens with two attached hydrogens (primary N) is 1. The summed E-state index contributed by atoms with van der Waals surface area (Å²) in [4.78, 5) is 18.0. The first-order chi connectivity index (χ1) is 14.2. The lowest BCUT2D eigenvalue weighted by Crippen LogP contribution is -2.43. The maximum absolute atomic E-state index is 10.9. The van der Waals surface area contributed by atoms with E-state index in [9.17, 15) is 4.79 Å². The topological polar surface area (TPSA) is 80.0 Å². The molecular weight excluding hydrogens is 364 g/mol. The number of ether oxygens (including phenoxy) is 1. The van der Waals surface area contributed by atoms with Crippen LogP contribution < -0.4 is 15.8 Å². The second-order valence-corrected chi connectivity index (χ2v) is 6.86. The number of benzene rings is 2. The van der Waals surface area contributed by atoms with Gasteiger partial charge in [-0.15, -0.1) is 0 Å². The summed E-state index contributed by atoms with van der Waals surface area (Å²) in [5.41, 5.74) is 8.83. The number of carbonyl (C=O) groups excluding carboxylic acids is 1. The van der Waals surface area contributed by atoms with Crippen LogP contribution in [0, 0.1) is 0 Å². The first-order valence-electron chi connectivity index (χ1n) is 9.93. The van der Waals surface area contributed by atoms with Crippen LogP contribution in [0.1, 0.15) is 24.5 Å². The van der Waals surface area contributed by atoms with Crippen LogP contribution in [0.4, 0.5) is 0 Å². The molecular formula is C23H28N4O2. The summed E-state index contributed by atoms with van der Waals surface area (Å²) in [6.07, 6.45) is 3.27. The molecule has 1 heterocycles. The molecule has 0 aromatic heterocycles. The standard InChI is InChI=1S/C23H28N4O2/c1-2-25-23(26-16-18-7-6-10-21(15-18)29-17-22(24)28)27-13-11-20(12-14-27)19-8-4-3-5-9-19/h3-11,15H,2,12-14,16-17H2,1H3,(H2,24,28)(H,25,26). The summed E-state index contributed by atoms with van der Waals surface area (Å²) in [6.45, 7) is 5.04. The van der Waals surface area contributed by atoms with E-state index in [4.69, 9.17) is 15.5 Å². The van der Waals surface area contributed by atoms with Crippen LogP contribution in [0.2, 0.25) is 0 Å². The lowest BCUT2D eigenvalue weighted by molar-refractivity contribution is -0.119. The van der Waals surface area contributed by atoms with Gasteiger partial charge in [-0.05, 0) is 42.2 Å². The summed E-state index contributed by atoms with van der Waals surface area (Å²) < 4.78 is 5.38. The van der Waals surface area contributed by atoms with Gasteiger partial charge in [0.25, 0.3) is 5.91 Å². The molecule has 2 aromatic rings. The maximum Gasteiger partial charge on any atom is 0.255 e. The zero-order chi connectivity index (χ0) is 20.5. The highest BCUT2D eigenvalue weighted by molar-refractivity contribution is 5.81. The van der Waals surface area contributed by atoms with Gasteiger partial charge in [0, 0.05) is 19.6 Å². The van der Waals surface area contributed by atoms with Gasteiger partial charge in [-0.25, -0.2) is 4.99 Å². The third-order valence-corrected chi connectivity index (χ3v) is 4.68. The lowest BCUT2D eigenvalue weighted by Gasteiger charge is -2.30. The van der Waals surface area contributed by atoms with E-state index >= 15 is 0 Å². The highest BCUT2D eigenvalue weighted by Crippen LogP contribution is 2.22. The Balaban J connectivity index is 1.65. The number of rotatable bonds is 7. The molecule has 1 amide bonds. The number of nitrogens with zero attached hydrogens (tertiary/aromatic N) is 2. The zero-order valence-electron chi connectivity index (χ0n) is 16.8. The van der Waals surface area contributed by atoms with Crippen molar-refractivity contribution in [1.82, 2.24) is 10.2 Å². The third-order valence-electron chi connectivity index (χ3n) is 4.68. The fourth-order valence-corrected chi connectivity index (χ4v) is 3.26. The van der Waals surface area contributed by atoms with Gasteiger partial charge in [0.05, 0.1) is 6.54 Å². The molecule has 0 fully saturated rings. The molecule has 0 aliphatic carbocycles. The van der Waals surface area contributed by atoms with E-state index in [0.717, 1.165) is 37.6 Å². The van der Waals surface area contributed by atoms with Crippen LogP contribution in [0.15, 0.2) is 65.7 Å². The normalized spacial score (nSPS) is 14.3. The van der Waals surface area contributed by atoms with Crippen LogP contribution in [0.5, 0.6) is 5.75 Å². The van der Waals surface area contributed by atoms with Crippen LogP contribution in [-0.2, 0) is 11.3 Å². The molecule has 6 nitrogen and oxygen atoms in total. The van der Waals surface area contributed by atoms with Crippen molar-refractivity contribution in [2.45, 2.75) is 19.9 Å². The van der Waals surface area contributed by atoms with E-state index < -0.39 is 5.91 Å². The number of primary amides is 1. The number of aliphatic imine (C=N–C) groups is 1. The molecule has 6 heteroatoms. The Morgan fingerprint density at radius 1 is 1.21 bits per heavy atom. The van der Waals surface area contributed by atoms with Crippen LogP contribution in [-0.4, -0.2) is 43.0 Å². The van der Waals surface area contributed by atoms with Crippen LogP contribution in [0.3, 0.4) is 0 Å². The predicted octanol–water partition coefficient (Wildman–Crippen LogP) is 2.81. The molecule has 0 saturated heterocycles. The summed E-state index contributed by atoms with van der Waals surface area (Å²) in [6, 6.07) is 18.1. The second kappa shape index (κ2) is 10.3. The van der Waals surface area contributed by atoms with Crippen molar-refractivity contribution >= 4 is 17.4 Å². The van der Waals surface area contributed by atoms with E-state index in [-0.39, 0.29) is 6.61 Å². The second-order valence-electron chi connectivity index (χ2n) is 6.86. The quantitative estimate of drug-likeness (QED) is 0.561. The first-order valence-corrected chi connectivity index (χ1v) is 9.93. The maximum atomic E-state index is 10.9. The van der Waals surface area contributed by atoms with Crippen molar-refractivity contribution in [2.24, 2.45) is 10.7 Å². The highest BCUT2D eigenvalue weighted by atomic mass is 16.5. The number of hydrogen-bond acceptors (Lipinski definition) is 3. The predicted molar refractivity (Wildman–Crippen MR) is 117 cm³/mol. The van der Waals surface area contributed by atoms with Gasteiger partial charge in [0.2, 0.25) is 0 Å². The Kier molecular flexibility index (Phi) is 7.28. The SMILES string of the molecule is CCNC(=NCc1cccc(OCC(N)=O)c1)N1CC=C(c2ccccc2)CC1. The van der Waals surface area contributed by atoms with Crippen molar-refractivity contribution in [3.05, 3.63) is 71.8 Å². The molecule has 1 aliphatic heterocycles. The number of nitrogens with one attached hydrogen (secondary N) is 1. The van der Waals surface area contributed by atoms with Crippen molar-refractivity contribution in [3.63, 3.8) is 0 Å². The molecule has 2 aromatic carbocycles. The third kappa shape index (κ3) is 6.10. The zero-order valence-corrected chi connectivity index (χ0v) is 16.8. The Morgan fingerprint density at radius 2 is 2.03 bits per heavy atom. The number of amides is 1. The average Bonchev–Trinajstić information content (AvgIpc) is 2.76. The van der Waals surface area contributed by atoms with Crippen LogP contribution >= 0.6 is 0 Å². The fraction of sp³-hybridized carbons (Fsp3) is 0.304. The van der Waals surface area contributed by atoms with Gasteiger partial charge in [-0.3, -0.25) is 4.79 Å². The van der Waals surface area contributed by atoms with Gasteiger partial charge in [-0.1, -0.05) is 48.5 Å². The molecule has 1 aliphatic rings. The summed E-state index contributed by atoms with van der Waals surface area (Å²) in [5.74, 6) is 1.03. The summed E-state index contributed by atoms with van der Waals surface area (Å²) >= 11 is 0. The van der Waals surface area contributed by atoms with E-state index in [1.165, 1.54) is 11.1 Å². The van der Waals surface area contributed by atoms with Crippen molar-refractivity contribution in [3.8, 4) is 5.75 Å². The summed E-state index contributed by atoms with van der Waals surface area (Å²) in [5, 5.41) is 3.39. The average molecular weight is 393 g/mol. The first kappa shape index (κ1) is 20.5. The Labute approximate surface area is 172 Å². The minimum atomic E-state index is -0.490. The molecule has 0 saturated carbocycles. The van der Waals surface area contributed by atoms with E-state index in [0.29, 0.717) is 12.3 Å². The van der Waals surface area contributed by atoms with Gasteiger partial charge < -0.3 is 20.7 Å². The molecule has 0 bridgehead atoms. The molecule has 0 spiro atoms. The number of hydrogen-bond donors (Lipinski definition) is 2.